The highest BCUT2D eigenvalue weighted by Gasteiger charge is 2.24. The Labute approximate surface area is 93.9 Å². The third-order valence-corrected chi connectivity index (χ3v) is 4.92. The smallest absolute Gasteiger partial charge is 0.152 e. The number of hydrogen-bond acceptors (Lipinski definition) is 5. The summed E-state index contributed by atoms with van der Waals surface area (Å²) in [6, 6.07) is 0. The number of sulfone groups is 1. The van der Waals surface area contributed by atoms with Gasteiger partial charge >= 0.3 is 0 Å². The minimum absolute atomic E-state index is 0.298. The molecule has 1 aromatic heterocycles. The molecule has 1 N–H and O–H groups in total. The SMILES string of the molecule is Cc1csc(CC(O)C(C)S(C)(=O)=O)n1. The van der Waals surface area contributed by atoms with E-state index < -0.39 is 21.2 Å². The molecule has 0 bridgehead atoms. The quantitative estimate of drug-likeness (QED) is 0.856. The number of aliphatic hydroxyl groups excluding tert-OH is 1. The molecule has 0 amide bonds. The molecule has 0 spiro atoms. The average Bonchev–Trinajstić information content (AvgIpc) is 2.48. The van der Waals surface area contributed by atoms with Crippen molar-refractivity contribution in [2.45, 2.75) is 31.6 Å². The summed E-state index contributed by atoms with van der Waals surface area (Å²) in [5.41, 5.74) is 0.897. The Morgan fingerprint density at radius 1 is 1.60 bits per heavy atom. The van der Waals surface area contributed by atoms with Crippen LogP contribution in [0.2, 0.25) is 0 Å². The maximum atomic E-state index is 11.2. The van der Waals surface area contributed by atoms with Crippen molar-refractivity contribution in [2.75, 3.05) is 6.26 Å². The third kappa shape index (κ3) is 3.55. The van der Waals surface area contributed by atoms with Crippen molar-refractivity contribution in [2.24, 2.45) is 0 Å². The number of nitrogens with zero attached hydrogens (tertiary/aromatic N) is 1. The molecule has 0 fully saturated rings. The zero-order chi connectivity index (χ0) is 11.6. The highest BCUT2D eigenvalue weighted by atomic mass is 32.2. The van der Waals surface area contributed by atoms with E-state index in [-0.39, 0.29) is 0 Å². The van der Waals surface area contributed by atoms with Gasteiger partial charge in [-0.1, -0.05) is 0 Å². The van der Waals surface area contributed by atoms with Crippen molar-refractivity contribution in [3.05, 3.63) is 16.1 Å². The van der Waals surface area contributed by atoms with Crippen molar-refractivity contribution in [3.63, 3.8) is 0 Å². The number of aromatic nitrogens is 1. The number of aliphatic hydroxyl groups is 1. The van der Waals surface area contributed by atoms with Gasteiger partial charge in [-0.25, -0.2) is 13.4 Å². The Bertz CT molecular complexity index is 424. The van der Waals surface area contributed by atoms with Crippen LogP contribution in [0.1, 0.15) is 17.6 Å². The van der Waals surface area contributed by atoms with Crippen LogP contribution in [0, 0.1) is 6.92 Å². The summed E-state index contributed by atoms with van der Waals surface area (Å²) < 4.78 is 22.4. The summed E-state index contributed by atoms with van der Waals surface area (Å²) in [5.74, 6) is 0. The minimum atomic E-state index is -3.19. The summed E-state index contributed by atoms with van der Waals surface area (Å²) in [5, 5.41) is 11.6. The van der Waals surface area contributed by atoms with Crippen molar-refractivity contribution < 1.29 is 13.5 Å². The normalized spacial score (nSPS) is 16.3. The summed E-state index contributed by atoms with van der Waals surface area (Å²) in [7, 11) is -3.19. The summed E-state index contributed by atoms with van der Waals surface area (Å²) in [6.45, 7) is 3.38. The average molecular weight is 249 g/mol. The van der Waals surface area contributed by atoms with E-state index in [0.717, 1.165) is 17.0 Å². The third-order valence-electron chi connectivity index (χ3n) is 2.27. The second-order valence-corrected chi connectivity index (χ2v) is 7.03. The van der Waals surface area contributed by atoms with Gasteiger partial charge in [-0.05, 0) is 13.8 Å². The predicted molar refractivity (Wildman–Crippen MR) is 60.9 cm³/mol. The zero-order valence-electron chi connectivity index (χ0n) is 8.97. The molecule has 0 saturated carbocycles. The molecule has 0 saturated heterocycles. The largest absolute Gasteiger partial charge is 0.391 e. The van der Waals surface area contributed by atoms with Crippen LogP contribution < -0.4 is 0 Å². The van der Waals surface area contributed by atoms with E-state index in [1.807, 2.05) is 12.3 Å². The van der Waals surface area contributed by atoms with Crippen LogP contribution in [0.25, 0.3) is 0 Å². The van der Waals surface area contributed by atoms with Gasteiger partial charge in [0.15, 0.2) is 9.84 Å². The topological polar surface area (TPSA) is 67.3 Å². The molecule has 2 unspecified atom stereocenters. The molecule has 6 heteroatoms. The first-order valence-corrected chi connectivity index (χ1v) is 7.42. The van der Waals surface area contributed by atoms with Gasteiger partial charge in [0.1, 0.15) is 0 Å². The zero-order valence-corrected chi connectivity index (χ0v) is 10.6. The molecule has 1 rings (SSSR count). The Morgan fingerprint density at radius 3 is 2.60 bits per heavy atom. The predicted octanol–water partition coefficient (Wildman–Crippen LogP) is 0.788. The second-order valence-electron chi connectivity index (χ2n) is 3.69. The van der Waals surface area contributed by atoms with Gasteiger partial charge in [0.25, 0.3) is 0 Å². The first-order valence-electron chi connectivity index (χ1n) is 4.58. The fraction of sp³-hybridized carbons (Fsp3) is 0.667. The molecule has 2 atom stereocenters. The van der Waals surface area contributed by atoms with Crippen molar-refractivity contribution in [1.29, 1.82) is 0 Å². The van der Waals surface area contributed by atoms with Gasteiger partial charge in [-0.15, -0.1) is 11.3 Å². The Kier molecular flexibility index (Phi) is 3.86. The lowest BCUT2D eigenvalue weighted by molar-refractivity contribution is 0.173. The van der Waals surface area contributed by atoms with Crippen LogP contribution in [0.5, 0.6) is 0 Å². The molecule has 0 radical (unpaired) electrons. The van der Waals surface area contributed by atoms with Gasteiger partial charge in [-0.3, -0.25) is 0 Å². The molecule has 1 heterocycles. The van der Waals surface area contributed by atoms with Gasteiger partial charge in [0.2, 0.25) is 0 Å². The Hall–Kier alpha value is -0.460. The van der Waals surface area contributed by atoms with Crippen molar-refractivity contribution in [3.8, 4) is 0 Å². The van der Waals surface area contributed by atoms with Crippen molar-refractivity contribution >= 4 is 21.2 Å². The summed E-state index contributed by atoms with van der Waals surface area (Å²) in [4.78, 5) is 4.18. The molecule has 86 valence electrons. The van der Waals surface area contributed by atoms with E-state index in [9.17, 15) is 13.5 Å². The van der Waals surface area contributed by atoms with E-state index in [2.05, 4.69) is 4.98 Å². The lowest BCUT2D eigenvalue weighted by atomic mass is 10.2. The van der Waals surface area contributed by atoms with Crippen LogP contribution >= 0.6 is 11.3 Å². The molecule has 0 aliphatic rings. The van der Waals surface area contributed by atoms with E-state index in [1.54, 1.807) is 0 Å². The van der Waals surface area contributed by atoms with Crippen LogP contribution in [-0.2, 0) is 16.3 Å². The first kappa shape index (κ1) is 12.6. The van der Waals surface area contributed by atoms with Gasteiger partial charge in [0.05, 0.1) is 16.4 Å². The summed E-state index contributed by atoms with van der Waals surface area (Å²) in [6.07, 6.45) is 0.548. The lowest BCUT2D eigenvalue weighted by Crippen LogP contribution is -2.32. The molecular weight excluding hydrogens is 234 g/mol. The van der Waals surface area contributed by atoms with E-state index in [4.69, 9.17) is 0 Å². The number of rotatable bonds is 4. The number of thiazole rings is 1. The monoisotopic (exact) mass is 249 g/mol. The molecule has 1 aromatic rings. The molecule has 0 aliphatic carbocycles. The van der Waals surface area contributed by atoms with Crippen molar-refractivity contribution in [1.82, 2.24) is 4.98 Å². The molecule has 15 heavy (non-hydrogen) atoms. The van der Waals surface area contributed by atoms with Crippen LogP contribution in [0.15, 0.2) is 5.38 Å². The van der Waals surface area contributed by atoms with E-state index >= 15 is 0 Å². The van der Waals surface area contributed by atoms with E-state index in [1.165, 1.54) is 18.3 Å². The van der Waals surface area contributed by atoms with Gasteiger partial charge in [-0.2, -0.15) is 0 Å². The standard InChI is InChI=1S/C9H15NO3S2/c1-6-5-14-9(10-6)4-8(11)7(2)15(3,12)13/h5,7-8,11H,4H2,1-3H3. The van der Waals surface area contributed by atoms with Gasteiger partial charge < -0.3 is 5.11 Å². The van der Waals surface area contributed by atoms with Crippen LogP contribution in [0.3, 0.4) is 0 Å². The Morgan fingerprint density at radius 2 is 2.20 bits per heavy atom. The minimum Gasteiger partial charge on any atom is -0.391 e. The highest BCUT2D eigenvalue weighted by Crippen LogP contribution is 2.14. The highest BCUT2D eigenvalue weighted by molar-refractivity contribution is 7.91. The maximum absolute atomic E-state index is 11.2. The number of aryl methyl sites for hydroxylation is 1. The van der Waals surface area contributed by atoms with Crippen LogP contribution in [-0.4, -0.2) is 36.1 Å². The molecule has 4 nitrogen and oxygen atoms in total. The fourth-order valence-electron chi connectivity index (χ4n) is 1.13. The molecule has 0 aromatic carbocycles. The first-order chi connectivity index (χ1) is 6.80. The second kappa shape index (κ2) is 4.59. The lowest BCUT2D eigenvalue weighted by Gasteiger charge is -2.15. The Balaban J connectivity index is 2.68. The molecule has 0 aliphatic heterocycles. The number of hydrogen-bond donors (Lipinski definition) is 1. The maximum Gasteiger partial charge on any atom is 0.152 e. The van der Waals surface area contributed by atoms with Crippen LogP contribution in [0.4, 0.5) is 0 Å². The van der Waals surface area contributed by atoms with Gasteiger partial charge in [0, 0.05) is 23.8 Å². The van der Waals surface area contributed by atoms with E-state index in [0.29, 0.717) is 6.42 Å². The molecular formula is C9H15NO3S2. The fourth-order valence-corrected chi connectivity index (χ4v) is 2.62. The summed E-state index contributed by atoms with van der Waals surface area (Å²) >= 11 is 1.44.